The van der Waals surface area contributed by atoms with E-state index in [1.807, 2.05) is 0 Å². The van der Waals surface area contributed by atoms with Crippen LogP contribution in [0, 0.1) is 53.3 Å². The number of Topliss-reactive ketones (excluding diaryl/α,β-unsaturated/α-hetero) is 1. The fourth-order valence-corrected chi connectivity index (χ4v) is 7.85. The van der Waals surface area contributed by atoms with Crippen molar-refractivity contribution in [2.24, 2.45) is 53.3 Å². The van der Waals surface area contributed by atoms with Gasteiger partial charge in [-0.1, -0.05) is 6.92 Å². The Hall–Kier alpha value is -0.330. The normalized spacial score (nSPS) is 57.0. The first kappa shape index (κ1) is 14.1. The van der Waals surface area contributed by atoms with E-state index < -0.39 is 0 Å². The number of carbonyl (C=O) groups excluding carboxylic acids is 1. The van der Waals surface area contributed by atoms with Gasteiger partial charge in [-0.25, -0.2) is 0 Å². The van der Waals surface area contributed by atoms with E-state index in [2.05, 4.69) is 6.92 Å². The molecule has 8 rings (SSSR count). The summed E-state index contributed by atoms with van der Waals surface area (Å²) in [6, 6.07) is 0. The molecule has 0 aromatic rings. The predicted molar refractivity (Wildman–Crippen MR) is 88.3 cm³/mol. The lowest BCUT2D eigenvalue weighted by Crippen LogP contribution is -2.45. The molecule has 8 saturated carbocycles. The summed E-state index contributed by atoms with van der Waals surface area (Å²) in [6.07, 6.45) is 14.4. The zero-order chi connectivity index (χ0) is 14.8. The molecule has 0 radical (unpaired) electrons. The molecule has 1 nitrogen and oxygen atoms in total. The lowest BCUT2D eigenvalue weighted by molar-refractivity contribution is -0.139. The van der Waals surface area contributed by atoms with Crippen LogP contribution in [0.5, 0.6) is 0 Å². The van der Waals surface area contributed by atoms with Crippen LogP contribution in [0.3, 0.4) is 0 Å². The summed E-state index contributed by atoms with van der Waals surface area (Å²) in [5, 5.41) is 0. The first-order valence-electron chi connectivity index (χ1n) is 10.2. The predicted octanol–water partition coefficient (Wildman–Crippen LogP) is 5.09. The maximum Gasteiger partial charge on any atom is 0.139 e. The Labute approximate surface area is 135 Å². The van der Waals surface area contributed by atoms with Crippen molar-refractivity contribution in [3.63, 3.8) is 0 Å². The monoisotopic (exact) mass is 300 g/mol. The van der Waals surface area contributed by atoms with Crippen molar-refractivity contribution in [1.82, 2.24) is 0 Å². The van der Waals surface area contributed by atoms with Gasteiger partial charge in [0.2, 0.25) is 0 Å². The Balaban J connectivity index is 0.000000102. The van der Waals surface area contributed by atoms with Crippen LogP contribution in [0.4, 0.5) is 0 Å². The summed E-state index contributed by atoms with van der Waals surface area (Å²) >= 11 is 0. The standard InChI is InChI=1S/C11H18.C10H14O/c1-7-10-3-8-2-9(5-10)6-11(7)4-8;11-10-8-2-6-1-7(4-8)5-9(10)3-6/h7-11H,2-6H2,1H3;6-9H,1-5H2. The molecule has 8 aliphatic rings. The molecule has 0 unspecified atom stereocenters. The van der Waals surface area contributed by atoms with Crippen molar-refractivity contribution in [2.45, 2.75) is 71.1 Å². The molecule has 22 heavy (non-hydrogen) atoms. The maximum absolute atomic E-state index is 11.6. The molecular weight excluding hydrogens is 268 g/mol. The van der Waals surface area contributed by atoms with Gasteiger partial charge < -0.3 is 0 Å². The topological polar surface area (TPSA) is 17.1 Å². The molecule has 8 aliphatic carbocycles. The first-order chi connectivity index (χ1) is 10.7. The Morgan fingerprint density at radius 1 is 0.591 bits per heavy atom. The highest BCUT2D eigenvalue weighted by atomic mass is 16.1. The minimum atomic E-state index is 0.506. The van der Waals surface area contributed by atoms with Crippen molar-refractivity contribution in [1.29, 1.82) is 0 Å². The summed E-state index contributed by atoms with van der Waals surface area (Å²) < 4.78 is 0. The van der Waals surface area contributed by atoms with Crippen molar-refractivity contribution in [2.75, 3.05) is 0 Å². The maximum atomic E-state index is 11.6. The number of ketones is 1. The Bertz CT molecular complexity index is 407. The van der Waals surface area contributed by atoms with E-state index in [4.69, 9.17) is 0 Å². The van der Waals surface area contributed by atoms with Gasteiger partial charge in [-0.3, -0.25) is 4.79 Å². The van der Waals surface area contributed by atoms with E-state index in [9.17, 15) is 4.79 Å². The summed E-state index contributed by atoms with van der Waals surface area (Å²) in [4.78, 5) is 11.6. The van der Waals surface area contributed by atoms with Crippen molar-refractivity contribution in [3.05, 3.63) is 0 Å². The lowest BCUT2D eigenvalue weighted by Gasteiger charge is -2.53. The Morgan fingerprint density at radius 3 is 1.36 bits per heavy atom. The first-order valence-corrected chi connectivity index (χ1v) is 10.2. The van der Waals surface area contributed by atoms with Crippen molar-refractivity contribution in [3.8, 4) is 0 Å². The van der Waals surface area contributed by atoms with Crippen molar-refractivity contribution < 1.29 is 4.79 Å². The average molecular weight is 300 g/mol. The van der Waals surface area contributed by atoms with Crippen molar-refractivity contribution >= 4 is 5.78 Å². The molecule has 0 aromatic heterocycles. The number of rotatable bonds is 0. The van der Waals surface area contributed by atoms with Gasteiger partial charge in [-0.05, 0) is 106 Å². The highest BCUT2D eigenvalue weighted by molar-refractivity contribution is 5.85. The van der Waals surface area contributed by atoms with Crippen LogP contribution in [0.1, 0.15) is 71.1 Å². The third-order valence-corrected chi connectivity index (χ3v) is 8.64. The molecular formula is C21H32O. The average Bonchev–Trinajstić information content (AvgIpc) is 2.49. The molecule has 0 N–H and O–H groups in total. The largest absolute Gasteiger partial charge is 0.299 e. The van der Waals surface area contributed by atoms with E-state index in [1.54, 1.807) is 32.1 Å². The number of hydrogen-bond donors (Lipinski definition) is 0. The molecule has 0 aromatic carbocycles. The minimum Gasteiger partial charge on any atom is -0.299 e. The molecule has 0 aliphatic heterocycles. The third kappa shape index (κ3) is 2.21. The van der Waals surface area contributed by atoms with Gasteiger partial charge in [0.15, 0.2) is 0 Å². The second-order valence-electron chi connectivity index (χ2n) is 10.00. The Morgan fingerprint density at radius 2 is 0.955 bits per heavy atom. The highest BCUT2D eigenvalue weighted by Gasteiger charge is 2.47. The fourth-order valence-electron chi connectivity index (χ4n) is 7.85. The van der Waals surface area contributed by atoms with Gasteiger partial charge in [0.25, 0.3) is 0 Å². The van der Waals surface area contributed by atoms with Gasteiger partial charge in [-0.2, -0.15) is 0 Å². The van der Waals surface area contributed by atoms with Crippen LogP contribution in [0.2, 0.25) is 0 Å². The van der Waals surface area contributed by atoms with Crippen LogP contribution in [-0.4, -0.2) is 5.78 Å². The van der Waals surface area contributed by atoms with Crippen LogP contribution >= 0.6 is 0 Å². The van der Waals surface area contributed by atoms with Crippen LogP contribution in [0.15, 0.2) is 0 Å². The Kier molecular flexibility index (Phi) is 3.25. The molecule has 0 amide bonds. The quantitative estimate of drug-likeness (QED) is 0.609. The molecule has 0 spiro atoms. The second-order valence-corrected chi connectivity index (χ2v) is 10.00. The molecule has 0 heterocycles. The summed E-state index contributed by atoms with van der Waals surface area (Å²) in [6.45, 7) is 2.51. The minimum absolute atomic E-state index is 0.506. The summed E-state index contributed by atoms with van der Waals surface area (Å²) in [7, 11) is 0. The molecule has 122 valence electrons. The van der Waals surface area contributed by atoms with E-state index in [-0.39, 0.29) is 0 Å². The van der Waals surface area contributed by atoms with Crippen LogP contribution in [-0.2, 0) is 4.79 Å². The number of hydrogen-bond acceptors (Lipinski definition) is 1. The van der Waals surface area contributed by atoms with Gasteiger partial charge in [0.1, 0.15) is 5.78 Å². The van der Waals surface area contributed by atoms with E-state index >= 15 is 0 Å². The fraction of sp³-hybridized carbons (Fsp3) is 0.952. The van der Waals surface area contributed by atoms with Gasteiger partial charge in [-0.15, -0.1) is 0 Å². The van der Waals surface area contributed by atoms with E-state index in [0.29, 0.717) is 17.6 Å². The van der Waals surface area contributed by atoms with Gasteiger partial charge >= 0.3 is 0 Å². The number of carbonyl (C=O) groups is 1. The van der Waals surface area contributed by atoms with E-state index in [1.165, 1.54) is 32.1 Å². The van der Waals surface area contributed by atoms with E-state index in [0.717, 1.165) is 41.4 Å². The SMILES string of the molecule is CC1C2CC3CC(C2)CC1C3.O=C1C2CC3CC(C2)CC1C3. The molecule has 1 heteroatoms. The second kappa shape index (κ2) is 5.08. The summed E-state index contributed by atoms with van der Waals surface area (Å²) in [5.41, 5.74) is 0. The zero-order valence-corrected chi connectivity index (χ0v) is 14.2. The molecule has 8 bridgehead atoms. The molecule has 8 fully saturated rings. The lowest BCUT2D eigenvalue weighted by atomic mass is 9.52. The summed E-state index contributed by atoms with van der Waals surface area (Å²) in [5.74, 6) is 9.21. The van der Waals surface area contributed by atoms with Crippen LogP contribution < -0.4 is 0 Å². The smallest absolute Gasteiger partial charge is 0.139 e. The van der Waals surface area contributed by atoms with Crippen LogP contribution in [0.25, 0.3) is 0 Å². The zero-order valence-electron chi connectivity index (χ0n) is 14.2. The molecule has 0 atom stereocenters. The third-order valence-electron chi connectivity index (χ3n) is 8.64. The van der Waals surface area contributed by atoms with Gasteiger partial charge in [0.05, 0.1) is 0 Å². The van der Waals surface area contributed by atoms with Gasteiger partial charge in [0, 0.05) is 11.8 Å². The molecule has 0 saturated heterocycles. The highest BCUT2D eigenvalue weighted by Crippen LogP contribution is 2.56.